The van der Waals surface area contributed by atoms with Gasteiger partial charge in [0.1, 0.15) is 11.0 Å². The Balaban J connectivity index is 1.57. The number of nitrogens with zero attached hydrogens (tertiary/aromatic N) is 4. The van der Waals surface area contributed by atoms with E-state index in [2.05, 4.69) is 19.7 Å². The molecular weight excluding hydrogens is 318 g/mol. The minimum absolute atomic E-state index is 0.105. The molecule has 0 bridgehead atoms. The highest BCUT2D eigenvalue weighted by molar-refractivity contribution is 7.89. The van der Waals surface area contributed by atoms with Crippen molar-refractivity contribution in [2.75, 3.05) is 13.1 Å². The molecule has 4 heterocycles. The number of hydrogen-bond donors (Lipinski definition) is 1. The van der Waals surface area contributed by atoms with Crippen molar-refractivity contribution < 1.29 is 13.2 Å². The molecule has 1 saturated heterocycles. The molecule has 1 fully saturated rings. The van der Waals surface area contributed by atoms with Crippen LogP contribution in [0.25, 0.3) is 0 Å². The number of nitrogens with one attached hydrogen (secondary N) is 1. The second-order valence-corrected chi connectivity index (χ2v) is 7.59. The molecule has 0 unspecified atom stereocenters. The van der Waals surface area contributed by atoms with Crippen molar-refractivity contribution in [1.82, 2.24) is 24.4 Å². The molecule has 2 aliphatic heterocycles. The molecular formula is C14H17N5O3S. The monoisotopic (exact) mass is 335 g/mol. The standard InChI is InChI=1S/C14H17N5O3S/c1-18-6-10(5-16-18)7-19-8-11-12(9-19)22-14-13(3-2-4-15-14)23(20,21)17-11/h2-6,11-12,17H,7-9H2,1H3/t11-,12+/m1/s1. The van der Waals surface area contributed by atoms with Crippen LogP contribution < -0.4 is 9.46 Å². The van der Waals surface area contributed by atoms with E-state index < -0.39 is 10.0 Å². The SMILES string of the molecule is Cn1cc(CN2C[C@@H]3Oc4ncccc4S(=O)(=O)N[C@@H]3C2)cn1. The first-order chi connectivity index (χ1) is 11.0. The van der Waals surface area contributed by atoms with Crippen LogP contribution in [0.2, 0.25) is 0 Å². The Morgan fingerprint density at radius 3 is 3.09 bits per heavy atom. The summed E-state index contributed by atoms with van der Waals surface area (Å²) in [5.41, 5.74) is 1.09. The number of aromatic nitrogens is 3. The summed E-state index contributed by atoms with van der Waals surface area (Å²) in [6.45, 7) is 1.94. The van der Waals surface area contributed by atoms with E-state index in [1.807, 2.05) is 19.4 Å². The fourth-order valence-electron chi connectivity index (χ4n) is 3.10. The molecule has 122 valence electrons. The third-order valence-corrected chi connectivity index (χ3v) is 5.60. The first-order valence-corrected chi connectivity index (χ1v) is 8.83. The zero-order valence-electron chi connectivity index (χ0n) is 12.6. The maximum atomic E-state index is 12.4. The van der Waals surface area contributed by atoms with Crippen LogP contribution in [0.4, 0.5) is 0 Å². The number of sulfonamides is 1. The fraction of sp³-hybridized carbons (Fsp3) is 0.429. The first kappa shape index (κ1) is 14.6. The van der Waals surface area contributed by atoms with Crippen molar-refractivity contribution in [1.29, 1.82) is 0 Å². The predicted octanol–water partition coefficient (Wildman–Crippen LogP) is -0.261. The lowest BCUT2D eigenvalue weighted by molar-refractivity contribution is 0.176. The van der Waals surface area contributed by atoms with E-state index in [9.17, 15) is 8.42 Å². The Hall–Kier alpha value is -1.97. The molecule has 0 aromatic carbocycles. The summed E-state index contributed by atoms with van der Waals surface area (Å²) < 4.78 is 35.2. The zero-order chi connectivity index (χ0) is 16.0. The van der Waals surface area contributed by atoms with Gasteiger partial charge in [0.25, 0.3) is 0 Å². The number of ether oxygens (including phenoxy) is 1. The molecule has 1 N–H and O–H groups in total. The zero-order valence-corrected chi connectivity index (χ0v) is 13.4. The molecule has 2 aromatic heterocycles. The van der Waals surface area contributed by atoms with E-state index in [0.29, 0.717) is 19.6 Å². The van der Waals surface area contributed by atoms with E-state index in [1.165, 1.54) is 12.3 Å². The van der Waals surface area contributed by atoms with Crippen LogP contribution in [0.1, 0.15) is 5.56 Å². The molecule has 0 spiro atoms. The van der Waals surface area contributed by atoms with Crippen molar-refractivity contribution in [2.45, 2.75) is 23.6 Å². The van der Waals surface area contributed by atoms with Crippen molar-refractivity contribution in [3.8, 4) is 5.88 Å². The smallest absolute Gasteiger partial charge is 0.246 e. The maximum Gasteiger partial charge on any atom is 0.246 e. The van der Waals surface area contributed by atoms with Crippen LogP contribution in [0.3, 0.4) is 0 Å². The molecule has 23 heavy (non-hydrogen) atoms. The lowest BCUT2D eigenvalue weighted by Gasteiger charge is -2.15. The van der Waals surface area contributed by atoms with Crippen molar-refractivity contribution in [2.24, 2.45) is 7.05 Å². The minimum atomic E-state index is -3.61. The molecule has 2 aliphatic rings. The molecule has 0 aliphatic carbocycles. The number of hydrogen-bond acceptors (Lipinski definition) is 6. The van der Waals surface area contributed by atoms with E-state index in [4.69, 9.17) is 4.74 Å². The fourth-order valence-corrected chi connectivity index (χ4v) is 4.44. The lowest BCUT2D eigenvalue weighted by Crippen LogP contribution is -2.42. The second-order valence-electron chi connectivity index (χ2n) is 5.91. The first-order valence-electron chi connectivity index (χ1n) is 7.35. The lowest BCUT2D eigenvalue weighted by atomic mass is 10.2. The second kappa shape index (κ2) is 5.29. The average molecular weight is 335 g/mol. The van der Waals surface area contributed by atoms with Crippen LogP contribution in [0, 0.1) is 0 Å². The van der Waals surface area contributed by atoms with E-state index >= 15 is 0 Å². The van der Waals surface area contributed by atoms with Gasteiger partial charge in [-0.25, -0.2) is 18.1 Å². The summed E-state index contributed by atoms with van der Waals surface area (Å²) in [7, 11) is -1.73. The highest BCUT2D eigenvalue weighted by Gasteiger charge is 2.41. The number of pyridine rings is 1. The van der Waals surface area contributed by atoms with E-state index in [-0.39, 0.29) is 22.9 Å². The van der Waals surface area contributed by atoms with Crippen LogP contribution in [-0.2, 0) is 23.6 Å². The number of likely N-dealkylation sites (tertiary alicyclic amines) is 1. The normalized spacial score (nSPS) is 26.1. The predicted molar refractivity (Wildman–Crippen MR) is 81.2 cm³/mol. The minimum Gasteiger partial charge on any atom is -0.470 e. The van der Waals surface area contributed by atoms with Gasteiger partial charge in [0.2, 0.25) is 15.9 Å². The Morgan fingerprint density at radius 1 is 1.43 bits per heavy atom. The van der Waals surface area contributed by atoms with Gasteiger partial charge in [-0.1, -0.05) is 0 Å². The van der Waals surface area contributed by atoms with Crippen LogP contribution in [0.5, 0.6) is 5.88 Å². The highest BCUT2D eigenvalue weighted by Crippen LogP contribution is 2.29. The summed E-state index contributed by atoms with van der Waals surface area (Å²) in [6, 6.07) is 2.82. The molecule has 0 radical (unpaired) electrons. The third-order valence-electron chi connectivity index (χ3n) is 4.10. The maximum absolute atomic E-state index is 12.4. The van der Waals surface area contributed by atoms with Gasteiger partial charge in [-0.2, -0.15) is 5.10 Å². The average Bonchev–Trinajstić information content (AvgIpc) is 3.03. The third kappa shape index (κ3) is 2.71. The quantitative estimate of drug-likeness (QED) is 0.813. The van der Waals surface area contributed by atoms with Gasteiger partial charge in [0.15, 0.2) is 0 Å². The molecule has 0 saturated carbocycles. The van der Waals surface area contributed by atoms with Crippen LogP contribution in [0.15, 0.2) is 35.6 Å². The van der Waals surface area contributed by atoms with Gasteiger partial charge in [-0.3, -0.25) is 9.58 Å². The summed E-state index contributed by atoms with van der Waals surface area (Å²) >= 11 is 0. The number of fused-ring (bicyclic) bond motifs is 2. The van der Waals surface area contributed by atoms with Gasteiger partial charge in [0.05, 0.1) is 12.2 Å². The van der Waals surface area contributed by atoms with Crippen molar-refractivity contribution >= 4 is 10.0 Å². The van der Waals surface area contributed by atoms with E-state index in [1.54, 1.807) is 10.7 Å². The molecule has 2 aromatic rings. The Bertz CT molecular complexity index is 834. The molecule has 8 nitrogen and oxygen atoms in total. The van der Waals surface area contributed by atoms with E-state index in [0.717, 1.165) is 5.56 Å². The van der Waals surface area contributed by atoms with Gasteiger partial charge in [0, 0.05) is 44.6 Å². The van der Waals surface area contributed by atoms with Gasteiger partial charge in [-0.05, 0) is 12.1 Å². The van der Waals surface area contributed by atoms with Crippen LogP contribution in [-0.4, -0.2) is 53.3 Å². The van der Waals surface area contributed by atoms with Gasteiger partial charge in [-0.15, -0.1) is 0 Å². The summed E-state index contributed by atoms with van der Waals surface area (Å²) in [6.07, 6.45) is 5.06. The molecule has 2 atom stereocenters. The number of aryl methyl sites for hydroxylation is 1. The largest absolute Gasteiger partial charge is 0.470 e. The van der Waals surface area contributed by atoms with Crippen LogP contribution >= 0.6 is 0 Å². The topological polar surface area (TPSA) is 89.4 Å². The molecule has 9 heteroatoms. The summed E-state index contributed by atoms with van der Waals surface area (Å²) in [4.78, 5) is 6.33. The highest BCUT2D eigenvalue weighted by atomic mass is 32.2. The number of rotatable bonds is 2. The van der Waals surface area contributed by atoms with Gasteiger partial charge >= 0.3 is 0 Å². The molecule has 4 rings (SSSR count). The summed E-state index contributed by atoms with van der Waals surface area (Å²) in [5.74, 6) is 0.177. The Labute approximate surface area is 134 Å². The summed E-state index contributed by atoms with van der Waals surface area (Å²) in [5, 5.41) is 4.15. The Kier molecular flexibility index (Phi) is 3.36. The van der Waals surface area contributed by atoms with Crippen molar-refractivity contribution in [3.05, 3.63) is 36.3 Å². The molecule has 0 amide bonds. The van der Waals surface area contributed by atoms with Crippen molar-refractivity contribution in [3.63, 3.8) is 0 Å². The Morgan fingerprint density at radius 2 is 2.30 bits per heavy atom. The van der Waals surface area contributed by atoms with Gasteiger partial charge < -0.3 is 4.74 Å².